The van der Waals surface area contributed by atoms with Crippen molar-refractivity contribution in [3.05, 3.63) is 0 Å². The standard InChI is InChI=1S/C14H27N3O/c1-2-16(13-6-4-3-5-7-13)12-14(18)17-10-8-15-9-11-17/h13,15H,2-12H2,1H3. The van der Waals surface area contributed by atoms with Crippen molar-refractivity contribution >= 4 is 5.91 Å². The topological polar surface area (TPSA) is 35.6 Å². The molecule has 0 aromatic carbocycles. The van der Waals surface area contributed by atoms with E-state index in [-0.39, 0.29) is 0 Å². The highest BCUT2D eigenvalue weighted by Crippen LogP contribution is 2.22. The predicted molar refractivity (Wildman–Crippen MR) is 73.6 cm³/mol. The number of piperazine rings is 1. The first-order valence-corrected chi connectivity index (χ1v) is 7.54. The molecule has 0 radical (unpaired) electrons. The second-order valence-corrected chi connectivity index (χ2v) is 5.49. The van der Waals surface area contributed by atoms with Gasteiger partial charge in [-0.15, -0.1) is 0 Å². The smallest absolute Gasteiger partial charge is 0.236 e. The third-order valence-electron chi connectivity index (χ3n) is 4.31. The molecule has 1 aliphatic carbocycles. The van der Waals surface area contributed by atoms with Gasteiger partial charge in [-0.05, 0) is 19.4 Å². The summed E-state index contributed by atoms with van der Waals surface area (Å²) >= 11 is 0. The van der Waals surface area contributed by atoms with Gasteiger partial charge in [-0.25, -0.2) is 0 Å². The molecule has 0 aromatic rings. The van der Waals surface area contributed by atoms with Gasteiger partial charge in [0.25, 0.3) is 0 Å². The molecule has 0 atom stereocenters. The average Bonchev–Trinajstić information content (AvgIpc) is 2.46. The predicted octanol–water partition coefficient (Wildman–Crippen LogP) is 1.07. The van der Waals surface area contributed by atoms with E-state index in [2.05, 4.69) is 17.1 Å². The third kappa shape index (κ3) is 3.69. The van der Waals surface area contributed by atoms with Crippen LogP contribution in [0.4, 0.5) is 0 Å². The van der Waals surface area contributed by atoms with Gasteiger partial charge in [-0.1, -0.05) is 26.2 Å². The zero-order valence-electron chi connectivity index (χ0n) is 11.7. The second kappa shape index (κ2) is 7.10. The maximum Gasteiger partial charge on any atom is 0.236 e. The molecule has 2 rings (SSSR count). The highest BCUT2D eigenvalue weighted by atomic mass is 16.2. The molecule has 1 N–H and O–H groups in total. The van der Waals surface area contributed by atoms with Crippen molar-refractivity contribution in [3.8, 4) is 0 Å². The number of likely N-dealkylation sites (N-methyl/N-ethyl adjacent to an activating group) is 1. The SMILES string of the molecule is CCN(CC(=O)N1CCNCC1)C1CCCCC1. The van der Waals surface area contributed by atoms with E-state index in [9.17, 15) is 4.79 Å². The Balaban J connectivity index is 1.82. The maximum absolute atomic E-state index is 12.3. The van der Waals surface area contributed by atoms with Gasteiger partial charge in [-0.2, -0.15) is 0 Å². The minimum absolute atomic E-state index is 0.323. The maximum atomic E-state index is 12.3. The lowest BCUT2D eigenvalue weighted by atomic mass is 9.94. The Morgan fingerprint density at radius 3 is 2.50 bits per heavy atom. The molecule has 1 aliphatic heterocycles. The van der Waals surface area contributed by atoms with E-state index < -0.39 is 0 Å². The molecule has 4 nitrogen and oxygen atoms in total. The second-order valence-electron chi connectivity index (χ2n) is 5.49. The molecule has 0 aromatic heterocycles. The number of nitrogens with one attached hydrogen (secondary N) is 1. The third-order valence-corrected chi connectivity index (χ3v) is 4.31. The van der Waals surface area contributed by atoms with Crippen LogP contribution >= 0.6 is 0 Å². The zero-order chi connectivity index (χ0) is 12.8. The van der Waals surface area contributed by atoms with Gasteiger partial charge in [0, 0.05) is 32.2 Å². The molecule has 1 saturated heterocycles. The molecule has 2 aliphatic rings. The number of carbonyl (C=O) groups excluding carboxylic acids is 1. The molecule has 4 heteroatoms. The molecular weight excluding hydrogens is 226 g/mol. The molecule has 104 valence electrons. The summed E-state index contributed by atoms with van der Waals surface area (Å²) in [6.07, 6.45) is 6.61. The molecular formula is C14H27N3O. The fraction of sp³-hybridized carbons (Fsp3) is 0.929. The Bertz CT molecular complexity index is 258. The monoisotopic (exact) mass is 253 g/mol. The van der Waals surface area contributed by atoms with Crippen molar-refractivity contribution in [1.82, 2.24) is 15.1 Å². The van der Waals surface area contributed by atoms with Gasteiger partial charge in [0.05, 0.1) is 6.54 Å². The van der Waals surface area contributed by atoms with Crippen molar-refractivity contribution < 1.29 is 4.79 Å². The van der Waals surface area contributed by atoms with Crippen molar-refractivity contribution in [3.63, 3.8) is 0 Å². The van der Waals surface area contributed by atoms with Crippen molar-refractivity contribution in [2.75, 3.05) is 39.3 Å². The van der Waals surface area contributed by atoms with E-state index in [0.29, 0.717) is 18.5 Å². The highest BCUT2D eigenvalue weighted by molar-refractivity contribution is 5.78. The summed E-state index contributed by atoms with van der Waals surface area (Å²) in [6, 6.07) is 0.649. The summed E-state index contributed by atoms with van der Waals surface area (Å²) in [6.45, 7) is 7.45. The molecule has 1 amide bonds. The van der Waals surface area contributed by atoms with Crippen LogP contribution in [0.25, 0.3) is 0 Å². The summed E-state index contributed by atoms with van der Waals surface area (Å²) in [7, 11) is 0. The van der Waals surface area contributed by atoms with Gasteiger partial charge >= 0.3 is 0 Å². The largest absolute Gasteiger partial charge is 0.339 e. The summed E-state index contributed by atoms with van der Waals surface area (Å²) in [5.74, 6) is 0.323. The Morgan fingerprint density at radius 2 is 1.89 bits per heavy atom. The summed E-state index contributed by atoms with van der Waals surface area (Å²) in [5.41, 5.74) is 0. The van der Waals surface area contributed by atoms with Gasteiger partial charge in [0.2, 0.25) is 5.91 Å². The van der Waals surface area contributed by atoms with Gasteiger partial charge < -0.3 is 10.2 Å². The van der Waals surface area contributed by atoms with E-state index in [1.54, 1.807) is 0 Å². The minimum atomic E-state index is 0.323. The number of rotatable bonds is 4. The molecule has 18 heavy (non-hydrogen) atoms. The number of hydrogen-bond donors (Lipinski definition) is 1. The van der Waals surface area contributed by atoms with Crippen LogP contribution in [-0.4, -0.2) is 61.0 Å². The van der Waals surface area contributed by atoms with Crippen molar-refractivity contribution in [2.24, 2.45) is 0 Å². The van der Waals surface area contributed by atoms with Crippen LogP contribution in [-0.2, 0) is 4.79 Å². The van der Waals surface area contributed by atoms with Crippen molar-refractivity contribution in [2.45, 2.75) is 45.1 Å². The Kier molecular flexibility index (Phi) is 5.45. The van der Waals surface area contributed by atoms with Crippen LogP contribution in [0.1, 0.15) is 39.0 Å². The number of amides is 1. The van der Waals surface area contributed by atoms with E-state index in [1.165, 1.54) is 32.1 Å². The lowest BCUT2D eigenvalue weighted by Gasteiger charge is -2.35. The van der Waals surface area contributed by atoms with E-state index in [0.717, 1.165) is 32.7 Å². The van der Waals surface area contributed by atoms with Crippen molar-refractivity contribution in [1.29, 1.82) is 0 Å². The van der Waals surface area contributed by atoms with Crippen LogP contribution in [0.3, 0.4) is 0 Å². The zero-order valence-corrected chi connectivity index (χ0v) is 11.7. The fourth-order valence-electron chi connectivity index (χ4n) is 3.13. The molecule has 0 bridgehead atoms. The number of hydrogen-bond acceptors (Lipinski definition) is 3. The van der Waals surface area contributed by atoms with Crippen LogP contribution < -0.4 is 5.32 Å². The van der Waals surface area contributed by atoms with E-state index >= 15 is 0 Å². The van der Waals surface area contributed by atoms with Crippen LogP contribution in [0.5, 0.6) is 0 Å². The van der Waals surface area contributed by atoms with Gasteiger partial charge in [0.15, 0.2) is 0 Å². The molecule has 1 heterocycles. The first-order chi connectivity index (χ1) is 8.81. The van der Waals surface area contributed by atoms with Crippen LogP contribution in [0.2, 0.25) is 0 Å². The summed E-state index contributed by atoms with van der Waals surface area (Å²) in [4.78, 5) is 16.7. The van der Waals surface area contributed by atoms with Crippen LogP contribution in [0.15, 0.2) is 0 Å². The molecule has 1 saturated carbocycles. The average molecular weight is 253 g/mol. The Morgan fingerprint density at radius 1 is 1.22 bits per heavy atom. The Labute approximate surface area is 111 Å². The first kappa shape index (κ1) is 13.8. The minimum Gasteiger partial charge on any atom is -0.339 e. The lowest BCUT2D eigenvalue weighted by Crippen LogP contribution is -2.51. The normalized spacial score (nSPS) is 22.4. The molecule has 0 spiro atoms. The molecule has 2 fully saturated rings. The summed E-state index contributed by atoms with van der Waals surface area (Å²) < 4.78 is 0. The van der Waals surface area contributed by atoms with Gasteiger partial charge in [0.1, 0.15) is 0 Å². The first-order valence-electron chi connectivity index (χ1n) is 7.54. The summed E-state index contributed by atoms with van der Waals surface area (Å²) in [5, 5.41) is 3.29. The fourth-order valence-corrected chi connectivity index (χ4v) is 3.13. The lowest BCUT2D eigenvalue weighted by molar-refractivity contribution is -0.133. The van der Waals surface area contributed by atoms with Gasteiger partial charge in [-0.3, -0.25) is 9.69 Å². The number of nitrogens with zero attached hydrogens (tertiary/aromatic N) is 2. The van der Waals surface area contributed by atoms with E-state index in [4.69, 9.17) is 0 Å². The molecule has 0 unspecified atom stereocenters. The quantitative estimate of drug-likeness (QED) is 0.814. The Hall–Kier alpha value is -0.610. The van der Waals surface area contributed by atoms with E-state index in [1.807, 2.05) is 4.90 Å². The van der Waals surface area contributed by atoms with Crippen LogP contribution in [0, 0.1) is 0 Å². The highest BCUT2D eigenvalue weighted by Gasteiger charge is 2.24. The number of carbonyl (C=O) groups is 1.